The van der Waals surface area contributed by atoms with Crippen molar-refractivity contribution in [1.29, 1.82) is 0 Å². The number of nitrogens with zero attached hydrogens (tertiary/aromatic N) is 4. The zero-order valence-electron chi connectivity index (χ0n) is 11.0. The average molecular weight is 285 g/mol. The largest absolute Gasteiger partial charge is 0.419 e. The molecule has 0 aliphatic heterocycles. The minimum atomic E-state index is -4.41. The Labute approximate surface area is 113 Å². The molecule has 2 aromatic rings. The summed E-state index contributed by atoms with van der Waals surface area (Å²) in [5, 5.41) is 6.81. The fourth-order valence-electron chi connectivity index (χ4n) is 1.46. The van der Waals surface area contributed by atoms with Gasteiger partial charge in [0.15, 0.2) is 5.82 Å². The third kappa shape index (κ3) is 3.53. The molecule has 0 spiro atoms. The van der Waals surface area contributed by atoms with Gasteiger partial charge >= 0.3 is 6.18 Å². The SMILES string of the molecule is CC(C)NCc1cnc(-n2cc(C(F)(F)F)cn2)cn1. The Morgan fingerprint density at radius 2 is 1.95 bits per heavy atom. The van der Waals surface area contributed by atoms with Crippen LogP contribution < -0.4 is 5.32 Å². The van der Waals surface area contributed by atoms with Gasteiger partial charge in [0.05, 0.1) is 29.8 Å². The molecule has 0 aliphatic rings. The van der Waals surface area contributed by atoms with Gasteiger partial charge in [0.2, 0.25) is 0 Å². The molecule has 2 rings (SSSR count). The molecule has 0 aromatic carbocycles. The quantitative estimate of drug-likeness (QED) is 0.935. The highest BCUT2D eigenvalue weighted by molar-refractivity contribution is 5.21. The minimum absolute atomic E-state index is 0.244. The lowest BCUT2D eigenvalue weighted by Crippen LogP contribution is -2.22. The maximum Gasteiger partial charge on any atom is 0.419 e. The van der Waals surface area contributed by atoms with Crippen molar-refractivity contribution < 1.29 is 13.2 Å². The molecule has 20 heavy (non-hydrogen) atoms. The minimum Gasteiger partial charge on any atom is -0.309 e. The Balaban J connectivity index is 2.12. The molecule has 2 aromatic heterocycles. The third-order valence-corrected chi connectivity index (χ3v) is 2.53. The molecular weight excluding hydrogens is 271 g/mol. The Morgan fingerprint density at radius 3 is 2.45 bits per heavy atom. The van der Waals surface area contributed by atoms with Gasteiger partial charge in [-0.1, -0.05) is 13.8 Å². The lowest BCUT2D eigenvalue weighted by molar-refractivity contribution is -0.137. The first-order valence-corrected chi connectivity index (χ1v) is 6.03. The smallest absolute Gasteiger partial charge is 0.309 e. The van der Waals surface area contributed by atoms with Crippen LogP contribution in [0.5, 0.6) is 0 Å². The molecule has 0 amide bonds. The summed E-state index contributed by atoms with van der Waals surface area (Å²) in [5.74, 6) is 0.244. The summed E-state index contributed by atoms with van der Waals surface area (Å²) in [5.41, 5.74) is -0.101. The van der Waals surface area contributed by atoms with E-state index < -0.39 is 11.7 Å². The van der Waals surface area contributed by atoms with Crippen LogP contribution in [0.25, 0.3) is 5.82 Å². The highest BCUT2D eigenvalue weighted by Gasteiger charge is 2.32. The first kappa shape index (κ1) is 14.4. The van der Waals surface area contributed by atoms with Crippen molar-refractivity contribution in [3.8, 4) is 5.82 Å². The topological polar surface area (TPSA) is 55.6 Å². The molecule has 0 bridgehead atoms. The number of hydrogen-bond acceptors (Lipinski definition) is 4. The molecule has 0 saturated heterocycles. The van der Waals surface area contributed by atoms with Gasteiger partial charge in [-0.25, -0.2) is 9.67 Å². The summed E-state index contributed by atoms with van der Waals surface area (Å²) >= 11 is 0. The average Bonchev–Trinajstić information content (AvgIpc) is 2.86. The second-order valence-electron chi connectivity index (χ2n) is 4.57. The zero-order valence-corrected chi connectivity index (χ0v) is 11.0. The molecule has 0 radical (unpaired) electrons. The maximum absolute atomic E-state index is 12.5. The number of rotatable bonds is 4. The normalized spacial score (nSPS) is 12.1. The van der Waals surface area contributed by atoms with Crippen LogP contribution in [-0.2, 0) is 12.7 Å². The van der Waals surface area contributed by atoms with Crippen molar-refractivity contribution >= 4 is 0 Å². The third-order valence-electron chi connectivity index (χ3n) is 2.53. The van der Waals surface area contributed by atoms with Crippen LogP contribution in [0.2, 0.25) is 0 Å². The highest BCUT2D eigenvalue weighted by Crippen LogP contribution is 2.28. The van der Waals surface area contributed by atoms with Crippen molar-refractivity contribution in [3.63, 3.8) is 0 Å². The lowest BCUT2D eigenvalue weighted by Gasteiger charge is -2.07. The zero-order chi connectivity index (χ0) is 14.8. The standard InChI is InChI=1S/C12H14F3N5/c1-8(2)16-4-10-5-18-11(6-17-10)20-7-9(3-19-20)12(13,14)15/h3,5-8,16H,4H2,1-2H3. The van der Waals surface area contributed by atoms with Crippen LogP contribution in [0.15, 0.2) is 24.8 Å². The van der Waals surface area contributed by atoms with Crippen LogP contribution in [0.4, 0.5) is 13.2 Å². The van der Waals surface area contributed by atoms with Crippen molar-refractivity contribution in [1.82, 2.24) is 25.1 Å². The lowest BCUT2D eigenvalue weighted by atomic mass is 10.3. The molecule has 0 atom stereocenters. The van der Waals surface area contributed by atoms with E-state index in [1.807, 2.05) is 13.8 Å². The van der Waals surface area contributed by atoms with E-state index in [4.69, 9.17) is 0 Å². The number of nitrogens with one attached hydrogen (secondary N) is 1. The molecule has 1 N–H and O–H groups in total. The van der Waals surface area contributed by atoms with Gasteiger partial charge in [-0.05, 0) is 0 Å². The highest BCUT2D eigenvalue weighted by atomic mass is 19.4. The Kier molecular flexibility index (Phi) is 4.03. The molecule has 2 heterocycles. The van der Waals surface area contributed by atoms with Gasteiger partial charge in [0.1, 0.15) is 0 Å². The fraction of sp³-hybridized carbons (Fsp3) is 0.417. The van der Waals surface area contributed by atoms with Crippen molar-refractivity contribution in [2.45, 2.75) is 32.6 Å². The molecule has 0 fully saturated rings. The Bertz CT molecular complexity index is 559. The summed E-state index contributed by atoms with van der Waals surface area (Å²) in [6.07, 6.45) is 0.142. The first-order chi connectivity index (χ1) is 9.36. The van der Waals surface area contributed by atoms with Gasteiger partial charge in [-0.15, -0.1) is 0 Å². The van der Waals surface area contributed by atoms with Gasteiger partial charge in [-0.3, -0.25) is 4.98 Å². The first-order valence-electron chi connectivity index (χ1n) is 6.03. The molecule has 0 saturated carbocycles. The summed E-state index contributed by atoms with van der Waals surface area (Å²) in [4.78, 5) is 8.18. The molecule has 0 aliphatic carbocycles. The molecule has 0 unspecified atom stereocenters. The number of halogens is 3. The Morgan fingerprint density at radius 1 is 1.20 bits per heavy atom. The number of hydrogen-bond donors (Lipinski definition) is 1. The van der Waals surface area contributed by atoms with Crippen molar-refractivity contribution in [2.24, 2.45) is 0 Å². The molecule has 108 valence electrons. The Hall–Kier alpha value is -1.96. The van der Waals surface area contributed by atoms with Crippen LogP contribution in [0, 0.1) is 0 Å². The van der Waals surface area contributed by atoms with E-state index in [1.165, 1.54) is 12.4 Å². The van der Waals surface area contributed by atoms with E-state index >= 15 is 0 Å². The fourth-order valence-corrected chi connectivity index (χ4v) is 1.46. The van der Waals surface area contributed by atoms with Crippen LogP contribution >= 0.6 is 0 Å². The van der Waals surface area contributed by atoms with Crippen LogP contribution in [0.1, 0.15) is 25.1 Å². The monoisotopic (exact) mass is 285 g/mol. The van der Waals surface area contributed by atoms with Crippen molar-refractivity contribution in [2.75, 3.05) is 0 Å². The molecule has 8 heteroatoms. The van der Waals surface area contributed by atoms with Gasteiger partial charge < -0.3 is 5.32 Å². The van der Waals surface area contributed by atoms with E-state index in [2.05, 4.69) is 20.4 Å². The number of alkyl halides is 3. The summed E-state index contributed by atoms with van der Waals surface area (Å²) in [6, 6.07) is 0.317. The number of aromatic nitrogens is 4. The van der Waals surface area contributed by atoms with Gasteiger partial charge in [0, 0.05) is 18.8 Å². The van der Waals surface area contributed by atoms with Gasteiger partial charge in [-0.2, -0.15) is 18.3 Å². The van der Waals surface area contributed by atoms with E-state index in [1.54, 1.807) is 0 Å². The van der Waals surface area contributed by atoms with Crippen molar-refractivity contribution in [3.05, 3.63) is 36.0 Å². The maximum atomic E-state index is 12.5. The summed E-state index contributed by atoms with van der Waals surface area (Å²) in [6.45, 7) is 4.56. The summed E-state index contributed by atoms with van der Waals surface area (Å²) in [7, 11) is 0. The van der Waals surface area contributed by atoms with Gasteiger partial charge in [0.25, 0.3) is 0 Å². The predicted octanol–water partition coefficient (Wildman–Crippen LogP) is 2.18. The van der Waals surface area contributed by atoms with E-state index in [-0.39, 0.29) is 5.82 Å². The molecular formula is C12H14F3N5. The van der Waals surface area contributed by atoms with E-state index in [0.717, 1.165) is 17.1 Å². The summed E-state index contributed by atoms with van der Waals surface area (Å²) < 4.78 is 38.4. The second kappa shape index (κ2) is 5.58. The second-order valence-corrected chi connectivity index (χ2v) is 4.57. The molecule has 5 nitrogen and oxygen atoms in total. The van der Waals surface area contributed by atoms with Crippen LogP contribution in [-0.4, -0.2) is 25.8 Å². The van der Waals surface area contributed by atoms with E-state index in [0.29, 0.717) is 18.3 Å². The van der Waals surface area contributed by atoms with E-state index in [9.17, 15) is 13.2 Å². The predicted molar refractivity (Wildman–Crippen MR) is 66.1 cm³/mol. The van der Waals surface area contributed by atoms with Crippen LogP contribution in [0.3, 0.4) is 0 Å².